The van der Waals surface area contributed by atoms with Crippen LogP contribution in [-0.2, 0) is 16.1 Å². The molecule has 2 N–H and O–H groups in total. The highest BCUT2D eigenvalue weighted by atomic mass is 16.5. The second-order valence-corrected chi connectivity index (χ2v) is 3.98. The number of hydrogen-bond donors (Lipinski definition) is 2. The van der Waals surface area contributed by atoms with E-state index >= 15 is 0 Å². The number of aromatic hydroxyl groups is 1. The molecule has 0 bridgehead atoms. The summed E-state index contributed by atoms with van der Waals surface area (Å²) < 4.78 is 4.66. The lowest BCUT2D eigenvalue weighted by Crippen LogP contribution is -2.47. The number of methoxy groups -OCH3 is 1. The lowest BCUT2D eigenvalue weighted by molar-refractivity contribution is -0.147. The fraction of sp³-hybridized carbons (Fsp3) is 0.455. The smallest absolute Gasteiger partial charge is 0.325 e. The Labute approximate surface area is 94.5 Å². The van der Waals surface area contributed by atoms with E-state index in [4.69, 9.17) is 5.11 Å². The van der Waals surface area contributed by atoms with Crippen molar-refractivity contribution in [2.24, 2.45) is 0 Å². The standard InChI is InChI=1S/C11H16N2O3/c1-11(2,10(15)16-3)13-6-8-4-5-9(14)7-12-8/h4-5,7,13-14H,6H2,1-3H3. The molecule has 0 spiro atoms. The molecule has 0 aliphatic heterocycles. The van der Waals surface area contributed by atoms with Crippen molar-refractivity contribution in [1.29, 1.82) is 0 Å². The minimum absolute atomic E-state index is 0.121. The molecule has 0 atom stereocenters. The quantitative estimate of drug-likeness (QED) is 0.741. The normalized spacial score (nSPS) is 11.2. The lowest BCUT2D eigenvalue weighted by Gasteiger charge is -2.22. The van der Waals surface area contributed by atoms with Crippen molar-refractivity contribution in [3.63, 3.8) is 0 Å². The minimum atomic E-state index is -0.756. The SMILES string of the molecule is COC(=O)C(C)(C)NCc1ccc(O)cn1. The van der Waals surface area contributed by atoms with Gasteiger partial charge in [0, 0.05) is 6.54 Å². The summed E-state index contributed by atoms with van der Waals surface area (Å²) >= 11 is 0. The molecular formula is C11H16N2O3. The Kier molecular flexibility index (Phi) is 3.84. The van der Waals surface area contributed by atoms with Gasteiger partial charge in [-0.05, 0) is 26.0 Å². The Morgan fingerprint density at radius 1 is 1.56 bits per heavy atom. The third-order valence-corrected chi connectivity index (χ3v) is 2.22. The maximum atomic E-state index is 11.4. The van der Waals surface area contributed by atoms with Crippen molar-refractivity contribution in [3.8, 4) is 5.75 Å². The molecule has 0 saturated heterocycles. The zero-order valence-electron chi connectivity index (χ0n) is 9.65. The first kappa shape index (κ1) is 12.4. The monoisotopic (exact) mass is 224 g/mol. The van der Waals surface area contributed by atoms with Gasteiger partial charge < -0.3 is 9.84 Å². The number of esters is 1. The zero-order valence-corrected chi connectivity index (χ0v) is 9.65. The van der Waals surface area contributed by atoms with Crippen LogP contribution in [0.2, 0.25) is 0 Å². The molecule has 0 unspecified atom stereocenters. The lowest BCUT2D eigenvalue weighted by atomic mass is 10.1. The summed E-state index contributed by atoms with van der Waals surface area (Å²) in [6.07, 6.45) is 1.36. The maximum absolute atomic E-state index is 11.4. The van der Waals surface area contributed by atoms with Crippen LogP contribution in [0.25, 0.3) is 0 Å². The second kappa shape index (κ2) is 4.94. The van der Waals surface area contributed by atoms with E-state index in [1.165, 1.54) is 13.3 Å². The van der Waals surface area contributed by atoms with Crippen LogP contribution in [0.5, 0.6) is 5.75 Å². The van der Waals surface area contributed by atoms with Gasteiger partial charge in [-0.1, -0.05) is 0 Å². The van der Waals surface area contributed by atoms with Gasteiger partial charge in [-0.3, -0.25) is 15.1 Å². The van der Waals surface area contributed by atoms with Crippen molar-refractivity contribution >= 4 is 5.97 Å². The van der Waals surface area contributed by atoms with Gasteiger partial charge in [-0.2, -0.15) is 0 Å². The van der Waals surface area contributed by atoms with Crippen LogP contribution in [-0.4, -0.2) is 28.7 Å². The Bertz CT molecular complexity index is 360. The first-order valence-electron chi connectivity index (χ1n) is 4.93. The topological polar surface area (TPSA) is 71.5 Å². The average molecular weight is 224 g/mol. The fourth-order valence-corrected chi connectivity index (χ4v) is 1.16. The van der Waals surface area contributed by atoms with Gasteiger partial charge in [-0.25, -0.2) is 0 Å². The molecule has 16 heavy (non-hydrogen) atoms. The van der Waals surface area contributed by atoms with Crippen LogP contribution in [0.3, 0.4) is 0 Å². The van der Waals surface area contributed by atoms with Gasteiger partial charge in [0.25, 0.3) is 0 Å². The number of nitrogens with one attached hydrogen (secondary N) is 1. The molecule has 5 heteroatoms. The molecular weight excluding hydrogens is 208 g/mol. The van der Waals surface area contributed by atoms with Gasteiger partial charge in [0.15, 0.2) is 0 Å². The number of carbonyl (C=O) groups excluding carboxylic acids is 1. The molecule has 0 amide bonds. The first-order valence-corrected chi connectivity index (χ1v) is 4.93. The van der Waals surface area contributed by atoms with E-state index in [1.807, 2.05) is 0 Å². The average Bonchev–Trinajstić information content (AvgIpc) is 2.27. The van der Waals surface area contributed by atoms with Crippen LogP contribution in [0, 0.1) is 0 Å². The third-order valence-electron chi connectivity index (χ3n) is 2.22. The molecule has 0 saturated carbocycles. The van der Waals surface area contributed by atoms with Gasteiger partial charge in [0.05, 0.1) is 19.0 Å². The summed E-state index contributed by atoms with van der Waals surface area (Å²) in [5.74, 6) is -0.206. The predicted molar refractivity (Wildman–Crippen MR) is 58.8 cm³/mol. The molecule has 5 nitrogen and oxygen atoms in total. The zero-order chi connectivity index (χ0) is 12.2. The molecule has 88 valence electrons. The molecule has 1 aromatic rings. The number of aromatic nitrogens is 1. The van der Waals surface area contributed by atoms with Crippen LogP contribution in [0.4, 0.5) is 0 Å². The highest BCUT2D eigenvalue weighted by Crippen LogP contribution is 2.09. The van der Waals surface area contributed by atoms with Crippen molar-refractivity contribution in [3.05, 3.63) is 24.0 Å². The van der Waals surface area contributed by atoms with E-state index in [9.17, 15) is 4.79 Å². The molecule has 0 radical (unpaired) electrons. The first-order chi connectivity index (χ1) is 7.45. The second-order valence-electron chi connectivity index (χ2n) is 3.98. The fourth-order valence-electron chi connectivity index (χ4n) is 1.16. The minimum Gasteiger partial charge on any atom is -0.506 e. The van der Waals surface area contributed by atoms with Crippen molar-refractivity contribution < 1.29 is 14.6 Å². The molecule has 0 fully saturated rings. The largest absolute Gasteiger partial charge is 0.506 e. The van der Waals surface area contributed by atoms with E-state index in [-0.39, 0.29) is 11.7 Å². The molecule has 1 heterocycles. The van der Waals surface area contributed by atoms with Crippen molar-refractivity contribution in [2.75, 3.05) is 7.11 Å². The molecule has 0 aliphatic carbocycles. The maximum Gasteiger partial charge on any atom is 0.325 e. The Hall–Kier alpha value is -1.62. The van der Waals surface area contributed by atoms with E-state index < -0.39 is 5.54 Å². The van der Waals surface area contributed by atoms with Gasteiger partial charge >= 0.3 is 5.97 Å². The highest BCUT2D eigenvalue weighted by molar-refractivity contribution is 5.79. The summed E-state index contributed by atoms with van der Waals surface area (Å²) in [6.45, 7) is 3.90. The van der Waals surface area contributed by atoms with E-state index in [1.54, 1.807) is 26.0 Å². The summed E-state index contributed by atoms with van der Waals surface area (Å²) in [7, 11) is 1.35. The van der Waals surface area contributed by atoms with Gasteiger partial charge in [0.1, 0.15) is 11.3 Å². The number of hydrogen-bond acceptors (Lipinski definition) is 5. The molecule has 1 rings (SSSR count). The van der Waals surface area contributed by atoms with E-state index in [0.29, 0.717) is 6.54 Å². The molecule has 0 aliphatic rings. The van der Waals surface area contributed by atoms with E-state index in [2.05, 4.69) is 15.0 Å². The van der Waals surface area contributed by atoms with Gasteiger partial charge in [0.2, 0.25) is 0 Å². The number of pyridine rings is 1. The molecule has 0 aromatic carbocycles. The Morgan fingerprint density at radius 2 is 2.25 bits per heavy atom. The predicted octanol–water partition coefficient (Wildman–Crippen LogP) is 0.828. The van der Waals surface area contributed by atoms with E-state index in [0.717, 1.165) is 5.69 Å². The van der Waals surface area contributed by atoms with Crippen molar-refractivity contribution in [1.82, 2.24) is 10.3 Å². The Balaban J connectivity index is 2.57. The highest BCUT2D eigenvalue weighted by Gasteiger charge is 2.27. The van der Waals surface area contributed by atoms with Crippen LogP contribution in [0.1, 0.15) is 19.5 Å². The third kappa shape index (κ3) is 3.20. The summed E-state index contributed by atoms with van der Waals surface area (Å²) in [5, 5.41) is 12.1. The van der Waals surface area contributed by atoms with Crippen LogP contribution in [0.15, 0.2) is 18.3 Å². The number of ether oxygens (including phenoxy) is 1. The van der Waals surface area contributed by atoms with Crippen LogP contribution >= 0.6 is 0 Å². The van der Waals surface area contributed by atoms with Crippen LogP contribution < -0.4 is 5.32 Å². The number of carbonyl (C=O) groups is 1. The van der Waals surface area contributed by atoms with Gasteiger partial charge in [-0.15, -0.1) is 0 Å². The summed E-state index contributed by atoms with van der Waals surface area (Å²) in [6, 6.07) is 3.24. The Morgan fingerprint density at radius 3 is 2.75 bits per heavy atom. The van der Waals surface area contributed by atoms with Crippen molar-refractivity contribution in [2.45, 2.75) is 25.9 Å². The summed E-state index contributed by atoms with van der Waals surface area (Å²) in [5.41, 5.74) is -0.0105. The number of rotatable bonds is 4. The summed E-state index contributed by atoms with van der Waals surface area (Å²) in [4.78, 5) is 15.4. The molecule has 1 aromatic heterocycles. The number of nitrogens with zero attached hydrogens (tertiary/aromatic N) is 1.